The maximum atomic E-state index is 11.9. The summed E-state index contributed by atoms with van der Waals surface area (Å²) in [4.78, 5) is 11.9. The molecule has 0 spiro atoms. The Morgan fingerprint density at radius 3 is 2.95 bits per heavy atom. The Balaban J connectivity index is 1.67. The Morgan fingerprint density at radius 1 is 1.47 bits per heavy atom. The molecule has 2 atom stereocenters. The molecule has 1 heterocycles. The Hall–Kier alpha value is -1.00. The quantitative estimate of drug-likeness (QED) is 0.870. The summed E-state index contributed by atoms with van der Waals surface area (Å²) in [6.45, 7) is 3.44. The molecular formula is C15H21NO2S. The maximum Gasteiger partial charge on any atom is 0.232 e. The van der Waals surface area contributed by atoms with Crippen LogP contribution in [-0.2, 0) is 15.3 Å². The average molecular weight is 279 g/mol. The lowest BCUT2D eigenvalue weighted by Gasteiger charge is -2.14. The van der Waals surface area contributed by atoms with Crippen molar-refractivity contribution in [1.82, 2.24) is 5.32 Å². The van der Waals surface area contributed by atoms with Gasteiger partial charge >= 0.3 is 0 Å². The van der Waals surface area contributed by atoms with Gasteiger partial charge < -0.3 is 10.1 Å². The van der Waals surface area contributed by atoms with Gasteiger partial charge in [0.15, 0.2) is 0 Å². The van der Waals surface area contributed by atoms with Crippen LogP contribution < -0.4 is 5.32 Å². The second-order valence-electron chi connectivity index (χ2n) is 4.82. The van der Waals surface area contributed by atoms with Crippen LogP contribution in [0.5, 0.6) is 0 Å². The Morgan fingerprint density at radius 2 is 2.26 bits per heavy atom. The molecule has 0 aliphatic carbocycles. The lowest BCUT2D eigenvalue weighted by molar-refractivity contribution is -0.120. The summed E-state index contributed by atoms with van der Waals surface area (Å²) in [5, 5.41) is 2.95. The van der Waals surface area contributed by atoms with Crippen molar-refractivity contribution in [2.24, 2.45) is 0 Å². The lowest BCUT2D eigenvalue weighted by Crippen LogP contribution is -2.36. The molecule has 2 unspecified atom stereocenters. The third-order valence-corrected chi connectivity index (χ3v) is 4.45. The van der Waals surface area contributed by atoms with Crippen molar-refractivity contribution in [3.05, 3.63) is 35.9 Å². The summed E-state index contributed by atoms with van der Waals surface area (Å²) in [5.74, 6) is 0.978. The number of hydrogen-bond donors (Lipinski definition) is 1. The fraction of sp³-hybridized carbons (Fsp3) is 0.533. The topological polar surface area (TPSA) is 38.3 Å². The minimum atomic E-state index is -0.0263. The number of benzene rings is 1. The van der Waals surface area contributed by atoms with Gasteiger partial charge in [-0.2, -0.15) is 0 Å². The van der Waals surface area contributed by atoms with E-state index in [1.165, 1.54) is 5.56 Å². The van der Waals surface area contributed by atoms with E-state index < -0.39 is 0 Å². The molecule has 0 bridgehead atoms. The number of rotatable bonds is 6. The van der Waals surface area contributed by atoms with Crippen LogP contribution in [0.2, 0.25) is 0 Å². The zero-order valence-electron chi connectivity index (χ0n) is 11.3. The number of amides is 1. The zero-order chi connectivity index (χ0) is 13.5. The van der Waals surface area contributed by atoms with E-state index in [0.29, 0.717) is 6.54 Å². The maximum absolute atomic E-state index is 11.9. The Kier molecular flexibility index (Phi) is 5.73. The minimum Gasteiger partial charge on any atom is -0.376 e. The van der Waals surface area contributed by atoms with Crippen LogP contribution in [0.4, 0.5) is 0 Å². The largest absolute Gasteiger partial charge is 0.376 e. The molecule has 1 amide bonds. The number of thioether (sulfide) groups is 1. The van der Waals surface area contributed by atoms with Gasteiger partial charge in [-0.1, -0.05) is 30.3 Å². The van der Waals surface area contributed by atoms with Crippen LogP contribution in [0.3, 0.4) is 0 Å². The molecule has 0 radical (unpaired) electrons. The van der Waals surface area contributed by atoms with Crippen molar-refractivity contribution in [3.63, 3.8) is 0 Å². The predicted octanol–water partition coefficient (Wildman–Crippen LogP) is 2.60. The number of ether oxygens (including phenoxy) is 1. The first kappa shape index (κ1) is 14.4. The van der Waals surface area contributed by atoms with Crippen molar-refractivity contribution < 1.29 is 9.53 Å². The monoisotopic (exact) mass is 279 g/mol. The zero-order valence-corrected chi connectivity index (χ0v) is 12.1. The van der Waals surface area contributed by atoms with Gasteiger partial charge in [-0.05, 0) is 25.3 Å². The molecule has 1 aromatic carbocycles. The Bertz CT molecular complexity index is 390. The highest BCUT2D eigenvalue weighted by molar-refractivity contribution is 7.99. The molecule has 1 aromatic rings. The van der Waals surface area contributed by atoms with E-state index in [2.05, 4.69) is 17.4 Å². The molecule has 3 nitrogen and oxygen atoms in total. The summed E-state index contributed by atoms with van der Waals surface area (Å²) >= 11 is 1.67. The fourth-order valence-corrected chi connectivity index (χ4v) is 2.90. The van der Waals surface area contributed by atoms with Crippen molar-refractivity contribution in [1.29, 1.82) is 0 Å². The van der Waals surface area contributed by atoms with Gasteiger partial charge in [0.2, 0.25) is 5.91 Å². The summed E-state index contributed by atoms with van der Waals surface area (Å²) in [6, 6.07) is 10.2. The van der Waals surface area contributed by atoms with E-state index in [4.69, 9.17) is 4.74 Å². The summed E-state index contributed by atoms with van der Waals surface area (Å²) in [7, 11) is 0. The standard InChI is InChI=1S/C15H21NO2S/c1-12(19-11-13-6-3-2-4-7-13)15(17)16-10-14-8-5-9-18-14/h2-4,6-7,12,14H,5,8-11H2,1H3,(H,16,17). The smallest absolute Gasteiger partial charge is 0.232 e. The normalized spacial score (nSPS) is 20.2. The molecule has 0 saturated carbocycles. The highest BCUT2D eigenvalue weighted by atomic mass is 32.2. The molecule has 1 saturated heterocycles. The van der Waals surface area contributed by atoms with Crippen LogP contribution in [0.1, 0.15) is 25.3 Å². The van der Waals surface area contributed by atoms with Crippen molar-refractivity contribution in [2.45, 2.75) is 36.9 Å². The van der Waals surface area contributed by atoms with E-state index in [0.717, 1.165) is 25.2 Å². The Labute approximate surface area is 119 Å². The number of carbonyl (C=O) groups is 1. The predicted molar refractivity (Wildman–Crippen MR) is 79.2 cm³/mol. The van der Waals surface area contributed by atoms with E-state index >= 15 is 0 Å². The molecule has 1 aliphatic heterocycles. The molecular weight excluding hydrogens is 258 g/mol. The SMILES string of the molecule is CC(SCc1ccccc1)C(=O)NCC1CCCO1. The van der Waals surface area contributed by atoms with E-state index in [9.17, 15) is 4.79 Å². The summed E-state index contributed by atoms with van der Waals surface area (Å²) in [5.41, 5.74) is 1.26. The van der Waals surface area contributed by atoms with Gasteiger partial charge in [0.05, 0.1) is 11.4 Å². The van der Waals surface area contributed by atoms with Gasteiger partial charge in [-0.25, -0.2) is 0 Å². The third kappa shape index (κ3) is 4.88. The molecule has 104 valence electrons. The average Bonchev–Trinajstić information content (AvgIpc) is 2.96. The van der Waals surface area contributed by atoms with Gasteiger partial charge in [0, 0.05) is 18.9 Å². The van der Waals surface area contributed by atoms with Gasteiger partial charge in [0.1, 0.15) is 0 Å². The van der Waals surface area contributed by atoms with Crippen LogP contribution in [-0.4, -0.2) is 30.4 Å². The number of nitrogens with one attached hydrogen (secondary N) is 1. The van der Waals surface area contributed by atoms with Gasteiger partial charge in [-0.3, -0.25) is 4.79 Å². The van der Waals surface area contributed by atoms with Crippen LogP contribution >= 0.6 is 11.8 Å². The first-order valence-corrected chi connectivity index (χ1v) is 7.85. The molecule has 19 heavy (non-hydrogen) atoms. The highest BCUT2D eigenvalue weighted by Crippen LogP contribution is 2.18. The van der Waals surface area contributed by atoms with Gasteiger partial charge in [-0.15, -0.1) is 11.8 Å². The van der Waals surface area contributed by atoms with Crippen molar-refractivity contribution in [3.8, 4) is 0 Å². The second-order valence-corrected chi connectivity index (χ2v) is 6.15. The van der Waals surface area contributed by atoms with Crippen LogP contribution in [0, 0.1) is 0 Å². The van der Waals surface area contributed by atoms with Crippen molar-refractivity contribution >= 4 is 17.7 Å². The molecule has 0 aromatic heterocycles. The fourth-order valence-electron chi connectivity index (χ4n) is 2.03. The molecule has 1 fully saturated rings. The first-order valence-electron chi connectivity index (χ1n) is 6.80. The van der Waals surface area contributed by atoms with E-state index in [1.807, 2.05) is 25.1 Å². The first-order chi connectivity index (χ1) is 9.25. The molecule has 1 N–H and O–H groups in total. The summed E-state index contributed by atoms with van der Waals surface area (Å²) < 4.78 is 5.49. The third-order valence-electron chi connectivity index (χ3n) is 3.24. The highest BCUT2D eigenvalue weighted by Gasteiger charge is 2.18. The van der Waals surface area contributed by atoms with Crippen molar-refractivity contribution in [2.75, 3.05) is 13.2 Å². The van der Waals surface area contributed by atoms with Crippen LogP contribution in [0.25, 0.3) is 0 Å². The summed E-state index contributed by atoms with van der Waals surface area (Å²) in [6.07, 6.45) is 2.39. The molecule has 1 aliphatic rings. The molecule has 2 rings (SSSR count). The van der Waals surface area contributed by atoms with Crippen LogP contribution in [0.15, 0.2) is 30.3 Å². The number of hydrogen-bond acceptors (Lipinski definition) is 3. The minimum absolute atomic E-state index is 0.0263. The van der Waals surface area contributed by atoms with Gasteiger partial charge in [0.25, 0.3) is 0 Å². The van der Waals surface area contributed by atoms with E-state index in [-0.39, 0.29) is 17.3 Å². The lowest BCUT2D eigenvalue weighted by atomic mass is 10.2. The van der Waals surface area contributed by atoms with E-state index in [1.54, 1.807) is 11.8 Å². The molecule has 4 heteroatoms. The second kappa shape index (κ2) is 7.56. The number of carbonyl (C=O) groups excluding carboxylic acids is 1.